The summed E-state index contributed by atoms with van der Waals surface area (Å²) in [6.07, 6.45) is 4.76. The highest BCUT2D eigenvalue weighted by Crippen LogP contribution is 2.15. The van der Waals surface area contributed by atoms with Crippen LogP contribution in [0.3, 0.4) is 0 Å². The zero-order valence-electron chi connectivity index (χ0n) is 13.0. The Balaban J connectivity index is 2.48. The largest absolute Gasteiger partial charge is 0.395 e. The smallest absolute Gasteiger partial charge is 0.224 e. The molecule has 1 aromatic rings. The Labute approximate surface area is 128 Å². The van der Waals surface area contributed by atoms with Gasteiger partial charge in [-0.2, -0.15) is 0 Å². The van der Waals surface area contributed by atoms with E-state index in [1.807, 2.05) is 30.3 Å². The number of unbranched alkanes of at least 4 members (excludes halogenated alkanes) is 3. The van der Waals surface area contributed by atoms with Crippen LogP contribution in [0.1, 0.15) is 50.6 Å². The molecule has 1 amide bonds. The number of aliphatic hydroxyl groups excluding tert-OH is 1. The van der Waals surface area contributed by atoms with Crippen molar-refractivity contribution in [2.24, 2.45) is 5.73 Å². The fourth-order valence-electron chi connectivity index (χ4n) is 2.35. The first-order valence-corrected chi connectivity index (χ1v) is 7.88. The zero-order chi connectivity index (χ0) is 15.5. The third-order valence-corrected chi connectivity index (χ3v) is 3.63. The van der Waals surface area contributed by atoms with Crippen molar-refractivity contribution in [3.8, 4) is 0 Å². The normalized spacial score (nSPS) is 12.1. The maximum Gasteiger partial charge on any atom is 0.224 e. The number of benzene rings is 1. The van der Waals surface area contributed by atoms with Crippen LogP contribution in [0.2, 0.25) is 0 Å². The van der Waals surface area contributed by atoms with E-state index in [2.05, 4.69) is 6.92 Å². The van der Waals surface area contributed by atoms with Crippen LogP contribution < -0.4 is 5.73 Å². The van der Waals surface area contributed by atoms with Crippen LogP contribution in [0.4, 0.5) is 0 Å². The Morgan fingerprint density at radius 1 is 1.19 bits per heavy atom. The van der Waals surface area contributed by atoms with Crippen molar-refractivity contribution in [3.05, 3.63) is 35.9 Å². The van der Waals surface area contributed by atoms with Crippen LogP contribution in [0.5, 0.6) is 0 Å². The molecule has 0 aromatic heterocycles. The van der Waals surface area contributed by atoms with Gasteiger partial charge in [0.2, 0.25) is 5.91 Å². The van der Waals surface area contributed by atoms with Gasteiger partial charge in [0.15, 0.2) is 0 Å². The number of carbonyl (C=O) groups excluding carboxylic acids is 1. The van der Waals surface area contributed by atoms with E-state index < -0.39 is 0 Å². The number of amides is 1. The molecule has 0 aliphatic rings. The Morgan fingerprint density at radius 3 is 2.52 bits per heavy atom. The molecule has 0 bridgehead atoms. The van der Waals surface area contributed by atoms with Gasteiger partial charge in [-0.15, -0.1) is 0 Å². The first-order valence-electron chi connectivity index (χ1n) is 7.88. The molecule has 0 heterocycles. The lowest BCUT2D eigenvalue weighted by Crippen LogP contribution is -2.36. The summed E-state index contributed by atoms with van der Waals surface area (Å²) in [5, 5.41) is 9.11. The second-order valence-electron chi connectivity index (χ2n) is 5.39. The van der Waals surface area contributed by atoms with Crippen LogP contribution in [0.15, 0.2) is 30.3 Å². The van der Waals surface area contributed by atoms with Crippen molar-refractivity contribution >= 4 is 5.91 Å². The topological polar surface area (TPSA) is 66.6 Å². The average Bonchev–Trinajstić information content (AvgIpc) is 2.51. The molecule has 1 aromatic carbocycles. The van der Waals surface area contributed by atoms with E-state index >= 15 is 0 Å². The van der Waals surface area contributed by atoms with E-state index in [1.165, 1.54) is 12.8 Å². The molecule has 3 N–H and O–H groups in total. The summed E-state index contributed by atoms with van der Waals surface area (Å²) >= 11 is 0. The molecule has 0 spiro atoms. The van der Waals surface area contributed by atoms with Crippen molar-refractivity contribution in [3.63, 3.8) is 0 Å². The second kappa shape index (κ2) is 10.4. The summed E-state index contributed by atoms with van der Waals surface area (Å²) < 4.78 is 0. The van der Waals surface area contributed by atoms with E-state index in [0.717, 1.165) is 18.4 Å². The SMILES string of the molecule is CCCCCCN(CCO)C(=O)CC(N)c1ccccc1. The summed E-state index contributed by atoms with van der Waals surface area (Å²) in [4.78, 5) is 14.1. The van der Waals surface area contributed by atoms with Crippen molar-refractivity contribution < 1.29 is 9.90 Å². The lowest BCUT2D eigenvalue weighted by Gasteiger charge is -2.23. The van der Waals surface area contributed by atoms with Crippen LogP contribution >= 0.6 is 0 Å². The highest BCUT2D eigenvalue weighted by atomic mass is 16.3. The molecule has 21 heavy (non-hydrogen) atoms. The minimum absolute atomic E-state index is 0.0000921. The van der Waals surface area contributed by atoms with Crippen LogP contribution in [0, 0.1) is 0 Å². The molecule has 0 saturated carbocycles. The molecular formula is C17H28N2O2. The summed E-state index contributed by atoms with van der Waals surface area (Å²) in [6, 6.07) is 9.39. The lowest BCUT2D eigenvalue weighted by atomic mass is 10.0. The van der Waals surface area contributed by atoms with Gasteiger partial charge in [-0.3, -0.25) is 4.79 Å². The van der Waals surface area contributed by atoms with Gasteiger partial charge in [0.25, 0.3) is 0 Å². The number of carbonyl (C=O) groups is 1. The van der Waals surface area contributed by atoms with Crippen molar-refractivity contribution in [2.75, 3.05) is 19.7 Å². The minimum Gasteiger partial charge on any atom is -0.395 e. The molecule has 4 nitrogen and oxygen atoms in total. The summed E-state index contributed by atoms with van der Waals surface area (Å²) in [5.74, 6) is 0.0249. The van der Waals surface area contributed by atoms with E-state index in [0.29, 0.717) is 13.1 Å². The van der Waals surface area contributed by atoms with Crippen molar-refractivity contribution in [1.29, 1.82) is 0 Å². The molecule has 0 radical (unpaired) electrons. The van der Waals surface area contributed by atoms with Crippen LogP contribution in [-0.4, -0.2) is 35.6 Å². The van der Waals surface area contributed by atoms with Crippen molar-refractivity contribution in [1.82, 2.24) is 4.90 Å². The lowest BCUT2D eigenvalue weighted by molar-refractivity contribution is -0.132. The molecular weight excluding hydrogens is 264 g/mol. The Hall–Kier alpha value is -1.39. The molecule has 0 aliphatic heterocycles. The molecule has 1 atom stereocenters. The second-order valence-corrected chi connectivity index (χ2v) is 5.39. The quantitative estimate of drug-likeness (QED) is 0.651. The highest BCUT2D eigenvalue weighted by molar-refractivity contribution is 5.77. The van der Waals surface area contributed by atoms with Gasteiger partial charge in [0, 0.05) is 25.6 Å². The maximum absolute atomic E-state index is 12.3. The number of hydrogen-bond donors (Lipinski definition) is 2. The number of rotatable bonds is 10. The molecule has 1 unspecified atom stereocenters. The molecule has 0 saturated heterocycles. The minimum atomic E-state index is -0.282. The standard InChI is InChI=1S/C17H28N2O2/c1-2-3-4-8-11-19(12-13-20)17(21)14-16(18)15-9-6-5-7-10-15/h5-7,9-10,16,20H,2-4,8,11-14,18H2,1H3. The highest BCUT2D eigenvalue weighted by Gasteiger charge is 2.17. The van der Waals surface area contributed by atoms with E-state index in [-0.39, 0.29) is 25.0 Å². The Morgan fingerprint density at radius 2 is 1.90 bits per heavy atom. The molecule has 1 rings (SSSR count). The number of hydrogen-bond acceptors (Lipinski definition) is 3. The molecule has 118 valence electrons. The van der Waals surface area contributed by atoms with Crippen molar-refractivity contribution in [2.45, 2.75) is 45.1 Å². The van der Waals surface area contributed by atoms with Gasteiger partial charge in [0.1, 0.15) is 0 Å². The summed E-state index contributed by atoms with van der Waals surface area (Å²) in [6.45, 7) is 3.27. The van der Waals surface area contributed by atoms with E-state index in [1.54, 1.807) is 4.90 Å². The van der Waals surface area contributed by atoms with E-state index in [4.69, 9.17) is 10.8 Å². The zero-order valence-corrected chi connectivity index (χ0v) is 13.0. The van der Waals surface area contributed by atoms with Gasteiger partial charge >= 0.3 is 0 Å². The third-order valence-electron chi connectivity index (χ3n) is 3.63. The van der Waals surface area contributed by atoms with Crippen LogP contribution in [-0.2, 0) is 4.79 Å². The number of nitrogens with zero attached hydrogens (tertiary/aromatic N) is 1. The Bertz CT molecular complexity index is 395. The monoisotopic (exact) mass is 292 g/mol. The maximum atomic E-state index is 12.3. The first kappa shape index (κ1) is 17.7. The fraction of sp³-hybridized carbons (Fsp3) is 0.588. The Kier molecular flexibility index (Phi) is 8.71. The van der Waals surface area contributed by atoms with Gasteiger partial charge in [0.05, 0.1) is 6.61 Å². The predicted octanol–water partition coefficient (Wildman–Crippen LogP) is 2.48. The third kappa shape index (κ3) is 6.74. The van der Waals surface area contributed by atoms with E-state index in [9.17, 15) is 4.79 Å². The van der Waals surface area contributed by atoms with Gasteiger partial charge in [-0.25, -0.2) is 0 Å². The molecule has 4 heteroatoms. The van der Waals surface area contributed by atoms with Crippen LogP contribution in [0.25, 0.3) is 0 Å². The van der Waals surface area contributed by atoms with Gasteiger partial charge in [-0.05, 0) is 12.0 Å². The van der Waals surface area contributed by atoms with Gasteiger partial charge < -0.3 is 15.7 Å². The predicted molar refractivity (Wildman–Crippen MR) is 85.8 cm³/mol. The summed E-state index contributed by atoms with van der Waals surface area (Å²) in [7, 11) is 0. The summed E-state index contributed by atoms with van der Waals surface area (Å²) in [5.41, 5.74) is 7.07. The number of nitrogens with two attached hydrogens (primary N) is 1. The fourth-order valence-corrected chi connectivity index (χ4v) is 2.35. The average molecular weight is 292 g/mol. The molecule has 0 aliphatic carbocycles. The number of aliphatic hydroxyl groups is 1. The molecule has 0 fully saturated rings. The first-order chi connectivity index (χ1) is 10.2. The van der Waals surface area contributed by atoms with Gasteiger partial charge in [-0.1, -0.05) is 56.5 Å².